The maximum absolute atomic E-state index is 12.0. The minimum Gasteiger partial charge on any atom is -0.495 e. The number of nitrogens with zero attached hydrogens (tertiary/aromatic N) is 1. The van der Waals surface area contributed by atoms with Gasteiger partial charge in [-0.1, -0.05) is 0 Å². The highest BCUT2D eigenvalue weighted by molar-refractivity contribution is 5.85. The molecule has 22 heavy (non-hydrogen) atoms. The number of piperidine rings is 1. The zero-order valence-electron chi connectivity index (χ0n) is 12.6. The van der Waals surface area contributed by atoms with Gasteiger partial charge in [0, 0.05) is 24.2 Å². The number of H-pyrrole nitrogens is 1. The monoisotopic (exact) mass is 300 g/mol. The molecule has 6 nitrogen and oxygen atoms in total. The Morgan fingerprint density at radius 1 is 1.27 bits per heavy atom. The molecule has 2 unspecified atom stereocenters. The summed E-state index contributed by atoms with van der Waals surface area (Å²) in [7, 11) is 1.64. The number of rotatable bonds is 3. The van der Waals surface area contributed by atoms with Gasteiger partial charge in [-0.3, -0.25) is 4.79 Å². The molecule has 0 aliphatic carbocycles. The maximum Gasteiger partial charge on any atom is 0.258 e. The highest BCUT2D eigenvalue weighted by Crippen LogP contribution is 2.33. The van der Waals surface area contributed by atoms with Crippen molar-refractivity contribution >= 4 is 16.6 Å². The molecule has 1 aromatic carbocycles. The Bertz CT molecular complexity index is 745. The second-order valence-electron chi connectivity index (χ2n) is 6.25. The van der Waals surface area contributed by atoms with Crippen molar-refractivity contribution in [3.8, 4) is 5.75 Å². The molecule has 0 saturated carbocycles. The second-order valence-corrected chi connectivity index (χ2v) is 6.25. The normalized spacial score (nSPS) is 27.0. The molecule has 6 heteroatoms. The number of aromatic amines is 1. The lowest BCUT2D eigenvalue weighted by Gasteiger charge is -2.30. The lowest BCUT2D eigenvalue weighted by Crippen LogP contribution is -2.43. The predicted molar refractivity (Wildman–Crippen MR) is 85.5 cm³/mol. The molecule has 0 spiro atoms. The third-order valence-corrected chi connectivity index (χ3v) is 4.79. The third kappa shape index (κ3) is 2.33. The predicted octanol–water partition coefficient (Wildman–Crippen LogP) is 1.63. The van der Waals surface area contributed by atoms with Gasteiger partial charge in [0.25, 0.3) is 5.56 Å². The Morgan fingerprint density at radius 2 is 2.05 bits per heavy atom. The van der Waals surface area contributed by atoms with Crippen molar-refractivity contribution in [3.63, 3.8) is 0 Å². The quantitative estimate of drug-likeness (QED) is 0.803. The van der Waals surface area contributed by atoms with Gasteiger partial charge in [0.15, 0.2) is 0 Å². The SMILES string of the molecule is COc1cc2nc[nH]c(=O)c2cc1NC1CC2CCC(C1)N2. The van der Waals surface area contributed by atoms with E-state index >= 15 is 0 Å². The Kier molecular flexibility index (Phi) is 3.26. The van der Waals surface area contributed by atoms with Gasteiger partial charge in [-0.05, 0) is 31.7 Å². The van der Waals surface area contributed by atoms with Crippen LogP contribution in [-0.2, 0) is 0 Å². The van der Waals surface area contributed by atoms with Crippen LogP contribution in [0, 0.1) is 0 Å². The number of fused-ring (bicyclic) bond motifs is 3. The molecule has 2 aliphatic rings. The first-order valence-corrected chi connectivity index (χ1v) is 7.81. The Labute approximate surface area is 128 Å². The second kappa shape index (κ2) is 5.28. The molecular weight excluding hydrogens is 280 g/mol. The van der Waals surface area contributed by atoms with Crippen LogP contribution in [0.2, 0.25) is 0 Å². The first-order valence-electron chi connectivity index (χ1n) is 7.81. The van der Waals surface area contributed by atoms with Gasteiger partial charge in [-0.2, -0.15) is 0 Å². The van der Waals surface area contributed by atoms with E-state index in [0.29, 0.717) is 29.0 Å². The highest BCUT2D eigenvalue weighted by atomic mass is 16.5. The van der Waals surface area contributed by atoms with Gasteiger partial charge in [-0.25, -0.2) is 4.98 Å². The van der Waals surface area contributed by atoms with E-state index in [-0.39, 0.29) is 5.56 Å². The molecule has 2 saturated heterocycles. The fourth-order valence-corrected chi connectivity index (χ4v) is 3.77. The van der Waals surface area contributed by atoms with E-state index in [1.807, 2.05) is 12.1 Å². The smallest absolute Gasteiger partial charge is 0.258 e. The molecule has 3 heterocycles. The fourth-order valence-electron chi connectivity index (χ4n) is 3.77. The highest BCUT2D eigenvalue weighted by Gasteiger charge is 2.33. The summed E-state index contributed by atoms with van der Waals surface area (Å²) >= 11 is 0. The molecule has 2 aromatic rings. The molecule has 2 aliphatic heterocycles. The van der Waals surface area contributed by atoms with E-state index in [1.54, 1.807) is 7.11 Å². The Morgan fingerprint density at radius 3 is 2.77 bits per heavy atom. The molecule has 2 fully saturated rings. The van der Waals surface area contributed by atoms with Gasteiger partial charge in [0.2, 0.25) is 0 Å². The van der Waals surface area contributed by atoms with E-state index < -0.39 is 0 Å². The van der Waals surface area contributed by atoms with Crippen molar-refractivity contribution in [1.29, 1.82) is 0 Å². The van der Waals surface area contributed by atoms with E-state index in [4.69, 9.17) is 4.74 Å². The number of hydrogen-bond acceptors (Lipinski definition) is 5. The summed E-state index contributed by atoms with van der Waals surface area (Å²) < 4.78 is 5.47. The van der Waals surface area contributed by atoms with E-state index in [2.05, 4.69) is 20.6 Å². The van der Waals surface area contributed by atoms with Crippen LogP contribution >= 0.6 is 0 Å². The summed E-state index contributed by atoms with van der Waals surface area (Å²) in [6, 6.07) is 5.33. The van der Waals surface area contributed by atoms with Crippen LogP contribution < -0.4 is 20.9 Å². The van der Waals surface area contributed by atoms with Crippen molar-refractivity contribution in [1.82, 2.24) is 15.3 Å². The van der Waals surface area contributed by atoms with Crippen LogP contribution in [0.1, 0.15) is 25.7 Å². The first kappa shape index (κ1) is 13.6. The lowest BCUT2D eigenvalue weighted by atomic mass is 9.99. The summed E-state index contributed by atoms with van der Waals surface area (Å²) in [5.74, 6) is 0.733. The van der Waals surface area contributed by atoms with Crippen LogP contribution in [0.25, 0.3) is 10.9 Å². The zero-order valence-corrected chi connectivity index (χ0v) is 12.6. The Hall–Kier alpha value is -2.08. The number of nitrogens with one attached hydrogen (secondary N) is 3. The van der Waals surface area contributed by atoms with Crippen molar-refractivity contribution in [2.24, 2.45) is 0 Å². The number of anilines is 1. The van der Waals surface area contributed by atoms with E-state index in [0.717, 1.165) is 24.3 Å². The van der Waals surface area contributed by atoms with Crippen LogP contribution in [0.15, 0.2) is 23.3 Å². The topological polar surface area (TPSA) is 79.0 Å². The summed E-state index contributed by atoms with van der Waals surface area (Å²) in [5.41, 5.74) is 1.40. The van der Waals surface area contributed by atoms with Gasteiger partial charge in [-0.15, -0.1) is 0 Å². The molecule has 4 rings (SSSR count). The summed E-state index contributed by atoms with van der Waals surface area (Å²) in [6.45, 7) is 0. The van der Waals surface area contributed by atoms with E-state index in [9.17, 15) is 4.79 Å². The number of ether oxygens (including phenoxy) is 1. The standard InChI is InChI=1S/C16H20N4O2/c1-22-15-7-13-12(16(21)18-8-17-13)6-14(15)20-11-4-9-2-3-10(5-11)19-9/h6-11,19-20H,2-5H2,1H3,(H,17,18,21). The summed E-state index contributed by atoms with van der Waals surface area (Å²) in [5, 5.41) is 7.80. The molecular formula is C16H20N4O2. The zero-order chi connectivity index (χ0) is 15.1. The number of methoxy groups -OCH3 is 1. The molecule has 116 valence electrons. The Balaban J connectivity index is 1.68. The van der Waals surface area contributed by atoms with Crippen LogP contribution in [-0.4, -0.2) is 35.2 Å². The van der Waals surface area contributed by atoms with Gasteiger partial charge < -0.3 is 20.4 Å². The van der Waals surface area contributed by atoms with Crippen molar-refractivity contribution in [2.45, 2.75) is 43.8 Å². The van der Waals surface area contributed by atoms with Gasteiger partial charge >= 0.3 is 0 Å². The first-order chi connectivity index (χ1) is 10.7. The summed E-state index contributed by atoms with van der Waals surface area (Å²) in [4.78, 5) is 18.8. The van der Waals surface area contributed by atoms with Gasteiger partial charge in [0.1, 0.15) is 5.75 Å². The summed E-state index contributed by atoms with van der Waals surface area (Å²) in [6.07, 6.45) is 6.17. The van der Waals surface area contributed by atoms with Crippen molar-refractivity contribution in [2.75, 3.05) is 12.4 Å². The molecule has 2 atom stereocenters. The van der Waals surface area contributed by atoms with Gasteiger partial charge in [0.05, 0.1) is 30.0 Å². The van der Waals surface area contributed by atoms with Crippen molar-refractivity contribution in [3.05, 3.63) is 28.8 Å². The minimum atomic E-state index is -0.124. The molecule has 1 aromatic heterocycles. The van der Waals surface area contributed by atoms with Crippen molar-refractivity contribution < 1.29 is 4.74 Å². The average molecular weight is 300 g/mol. The molecule has 0 amide bonds. The largest absolute Gasteiger partial charge is 0.495 e. The van der Waals surface area contributed by atoms with Crippen LogP contribution in [0.4, 0.5) is 5.69 Å². The minimum absolute atomic E-state index is 0.124. The van der Waals surface area contributed by atoms with Crippen LogP contribution in [0.5, 0.6) is 5.75 Å². The average Bonchev–Trinajstić information content (AvgIpc) is 2.86. The third-order valence-electron chi connectivity index (χ3n) is 4.79. The number of hydrogen-bond donors (Lipinski definition) is 3. The number of aromatic nitrogens is 2. The number of benzene rings is 1. The molecule has 3 N–H and O–H groups in total. The molecule has 2 bridgehead atoms. The fraction of sp³-hybridized carbons (Fsp3) is 0.500. The lowest BCUT2D eigenvalue weighted by molar-refractivity contribution is 0.375. The maximum atomic E-state index is 12.0. The van der Waals surface area contributed by atoms with Crippen LogP contribution in [0.3, 0.4) is 0 Å². The molecule has 0 radical (unpaired) electrons. The van der Waals surface area contributed by atoms with E-state index in [1.165, 1.54) is 19.2 Å².